The lowest BCUT2D eigenvalue weighted by Gasteiger charge is -2.16. The summed E-state index contributed by atoms with van der Waals surface area (Å²) in [4.78, 5) is 13.5. The SMILES string of the molecule is CNCCN(C)C(=O)Cc1ccc(Cl)cc1. The van der Waals surface area contributed by atoms with E-state index in [0.717, 1.165) is 18.7 Å². The zero-order valence-electron chi connectivity index (χ0n) is 9.66. The number of carbonyl (C=O) groups excluding carboxylic acids is 1. The smallest absolute Gasteiger partial charge is 0.226 e. The second-order valence-electron chi connectivity index (χ2n) is 3.72. The first-order valence-electron chi connectivity index (χ1n) is 5.26. The van der Waals surface area contributed by atoms with E-state index in [1.165, 1.54) is 0 Å². The van der Waals surface area contributed by atoms with Gasteiger partial charge < -0.3 is 10.2 Å². The van der Waals surface area contributed by atoms with Gasteiger partial charge in [-0.3, -0.25) is 4.79 Å². The van der Waals surface area contributed by atoms with E-state index < -0.39 is 0 Å². The highest BCUT2D eigenvalue weighted by Crippen LogP contribution is 2.10. The first kappa shape index (κ1) is 13.0. The zero-order valence-corrected chi connectivity index (χ0v) is 10.4. The van der Waals surface area contributed by atoms with Gasteiger partial charge in [0.05, 0.1) is 6.42 Å². The summed E-state index contributed by atoms with van der Waals surface area (Å²) in [5.41, 5.74) is 0.991. The number of amides is 1. The van der Waals surface area contributed by atoms with E-state index in [2.05, 4.69) is 5.32 Å². The van der Waals surface area contributed by atoms with Crippen LogP contribution in [-0.2, 0) is 11.2 Å². The third-order valence-electron chi connectivity index (χ3n) is 2.39. The van der Waals surface area contributed by atoms with Crippen LogP contribution in [0.15, 0.2) is 24.3 Å². The lowest BCUT2D eigenvalue weighted by Crippen LogP contribution is -2.33. The van der Waals surface area contributed by atoms with Gasteiger partial charge in [-0.15, -0.1) is 0 Å². The summed E-state index contributed by atoms with van der Waals surface area (Å²) < 4.78 is 0. The van der Waals surface area contributed by atoms with Crippen LogP contribution in [0.5, 0.6) is 0 Å². The van der Waals surface area contributed by atoms with Crippen molar-refractivity contribution >= 4 is 17.5 Å². The largest absolute Gasteiger partial charge is 0.344 e. The van der Waals surface area contributed by atoms with Crippen molar-refractivity contribution in [3.8, 4) is 0 Å². The molecule has 0 radical (unpaired) electrons. The van der Waals surface area contributed by atoms with Crippen LogP contribution in [-0.4, -0.2) is 38.0 Å². The summed E-state index contributed by atoms with van der Waals surface area (Å²) in [5, 5.41) is 3.71. The van der Waals surface area contributed by atoms with Crippen LogP contribution in [0.4, 0.5) is 0 Å². The van der Waals surface area contributed by atoms with E-state index in [4.69, 9.17) is 11.6 Å². The second-order valence-corrected chi connectivity index (χ2v) is 4.16. The van der Waals surface area contributed by atoms with Crippen LogP contribution < -0.4 is 5.32 Å². The van der Waals surface area contributed by atoms with E-state index >= 15 is 0 Å². The molecule has 1 N–H and O–H groups in total. The lowest BCUT2D eigenvalue weighted by molar-refractivity contribution is -0.129. The molecule has 16 heavy (non-hydrogen) atoms. The Morgan fingerprint density at radius 2 is 2.00 bits per heavy atom. The topological polar surface area (TPSA) is 32.3 Å². The molecular weight excluding hydrogens is 224 g/mol. The monoisotopic (exact) mass is 240 g/mol. The van der Waals surface area contributed by atoms with Crippen molar-refractivity contribution in [2.75, 3.05) is 27.2 Å². The van der Waals surface area contributed by atoms with Crippen molar-refractivity contribution in [3.63, 3.8) is 0 Å². The first-order valence-corrected chi connectivity index (χ1v) is 5.64. The molecule has 1 rings (SSSR count). The molecule has 0 heterocycles. The molecule has 0 fully saturated rings. The van der Waals surface area contributed by atoms with Gasteiger partial charge in [0.2, 0.25) is 5.91 Å². The molecule has 0 aliphatic heterocycles. The van der Waals surface area contributed by atoms with Crippen LogP contribution >= 0.6 is 11.6 Å². The molecule has 1 amide bonds. The van der Waals surface area contributed by atoms with Crippen LogP contribution in [0, 0.1) is 0 Å². The lowest BCUT2D eigenvalue weighted by atomic mass is 10.1. The first-order chi connectivity index (χ1) is 7.63. The van der Waals surface area contributed by atoms with E-state index in [-0.39, 0.29) is 5.91 Å². The van der Waals surface area contributed by atoms with Crippen molar-refractivity contribution in [3.05, 3.63) is 34.9 Å². The van der Waals surface area contributed by atoms with Crippen molar-refractivity contribution in [1.82, 2.24) is 10.2 Å². The highest BCUT2D eigenvalue weighted by Gasteiger charge is 2.08. The summed E-state index contributed by atoms with van der Waals surface area (Å²) >= 11 is 5.78. The summed E-state index contributed by atoms with van der Waals surface area (Å²) in [6.45, 7) is 1.53. The maximum Gasteiger partial charge on any atom is 0.226 e. The molecule has 0 saturated carbocycles. The molecular formula is C12H17ClN2O. The number of halogens is 1. The summed E-state index contributed by atoms with van der Waals surface area (Å²) in [7, 11) is 3.69. The molecule has 0 spiro atoms. The van der Waals surface area contributed by atoms with E-state index in [1.807, 2.05) is 26.2 Å². The zero-order chi connectivity index (χ0) is 12.0. The number of hydrogen-bond acceptors (Lipinski definition) is 2. The molecule has 0 saturated heterocycles. The summed E-state index contributed by atoms with van der Waals surface area (Å²) in [5.74, 6) is 0.123. The average Bonchev–Trinajstić information content (AvgIpc) is 2.29. The Kier molecular flexibility index (Phi) is 5.29. The molecule has 0 bridgehead atoms. The maximum atomic E-state index is 11.8. The summed E-state index contributed by atoms with van der Waals surface area (Å²) in [6.07, 6.45) is 0.428. The number of nitrogens with zero attached hydrogens (tertiary/aromatic N) is 1. The Bertz CT molecular complexity index is 337. The van der Waals surface area contributed by atoms with E-state index in [1.54, 1.807) is 17.0 Å². The number of rotatable bonds is 5. The summed E-state index contributed by atoms with van der Waals surface area (Å²) in [6, 6.07) is 7.37. The minimum Gasteiger partial charge on any atom is -0.344 e. The molecule has 0 atom stereocenters. The molecule has 1 aromatic rings. The molecule has 4 heteroatoms. The van der Waals surface area contributed by atoms with Gasteiger partial charge in [0, 0.05) is 25.2 Å². The number of carbonyl (C=O) groups is 1. The minimum absolute atomic E-state index is 0.123. The quantitative estimate of drug-likeness (QED) is 0.847. The Balaban J connectivity index is 2.47. The van der Waals surface area contributed by atoms with Crippen LogP contribution in [0.1, 0.15) is 5.56 Å². The Morgan fingerprint density at radius 1 is 1.38 bits per heavy atom. The highest BCUT2D eigenvalue weighted by molar-refractivity contribution is 6.30. The fraction of sp³-hybridized carbons (Fsp3) is 0.417. The minimum atomic E-state index is 0.123. The van der Waals surface area contributed by atoms with Gasteiger partial charge in [-0.2, -0.15) is 0 Å². The van der Waals surface area contributed by atoms with Gasteiger partial charge in [0.1, 0.15) is 0 Å². The fourth-order valence-corrected chi connectivity index (χ4v) is 1.44. The third kappa shape index (κ3) is 4.21. The van der Waals surface area contributed by atoms with E-state index in [0.29, 0.717) is 11.4 Å². The highest BCUT2D eigenvalue weighted by atomic mass is 35.5. The van der Waals surface area contributed by atoms with Crippen molar-refractivity contribution in [1.29, 1.82) is 0 Å². The van der Waals surface area contributed by atoms with Gasteiger partial charge in [-0.25, -0.2) is 0 Å². The third-order valence-corrected chi connectivity index (χ3v) is 2.64. The maximum absolute atomic E-state index is 11.8. The number of nitrogens with one attached hydrogen (secondary N) is 1. The molecule has 0 aliphatic carbocycles. The number of likely N-dealkylation sites (N-methyl/N-ethyl adjacent to an activating group) is 2. The van der Waals surface area contributed by atoms with Crippen molar-refractivity contribution in [2.45, 2.75) is 6.42 Å². The van der Waals surface area contributed by atoms with Gasteiger partial charge in [0.15, 0.2) is 0 Å². The van der Waals surface area contributed by atoms with Crippen LogP contribution in [0.3, 0.4) is 0 Å². The predicted molar refractivity (Wildman–Crippen MR) is 66.7 cm³/mol. The number of hydrogen-bond donors (Lipinski definition) is 1. The Labute approximate surface area is 101 Å². The predicted octanol–water partition coefficient (Wildman–Crippen LogP) is 1.56. The number of benzene rings is 1. The normalized spacial score (nSPS) is 10.2. The van der Waals surface area contributed by atoms with Gasteiger partial charge in [0.25, 0.3) is 0 Å². The fourth-order valence-electron chi connectivity index (χ4n) is 1.32. The van der Waals surface area contributed by atoms with Gasteiger partial charge in [-0.1, -0.05) is 23.7 Å². The molecule has 3 nitrogen and oxygen atoms in total. The Morgan fingerprint density at radius 3 is 2.56 bits per heavy atom. The van der Waals surface area contributed by atoms with E-state index in [9.17, 15) is 4.79 Å². The molecule has 1 aromatic carbocycles. The van der Waals surface area contributed by atoms with Crippen LogP contribution in [0.25, 0.3) is 0 Å². The Hall–Kier alpha value is -1.06. The second kappa shape index (κ2) is 6.51. The molecule has 0 aliphatic rings. The van der Waals surface area contributed by atoms with Crippen LogP contribution in [0.2, 0.25) is 5.02 Å². The molecule has 0 aromatic heterocycles. The average molecular weight is 241 g/mol. The van der Waals surface area contributed by atoms with Crippen molar-refractivity contribution in [2.24, 2.45) is 0 Å². The standard InChI is InChI=1S/C12H17ClN2O/c1-14-7-8-15(2)12(16)9-10-3-5-11(13)6-4-10/h3-6,14H,7-9H2,1-2H3. The molecule has 0 unspecified atom stereocenters. The van der Waals surface area contributed by atoms with Gasteiger partial charge in [-0.05, 0) is 24.7 Å². The van der Waals surface area contributed by atoms with Crippen molar-refractivity contribution < 1.29 is 4.79 Å². The molecule has 88 valence electrons. The van der Waals surface area contributed by atoms with Gasteiger partial charge >= 0.3 is 0 Å².